The minimum Gasteiger partial charge on any atom is -0.292 e. The summed E-state index contributed by atoms with van der Waals surface area (Å²) in [4.78, 5) is 22.0. The van der Waals surface area contributed by atoms with Gasteiger partial charge in [-0.15, -0.1) is 22.7 Å². The molecule has 0 fully saturated rings. The Balaban J connectivity index is 1.80. The lowest BCUT2D eigenvalue weighted by Crippen LogP contribution is -2.20. The average molecular weight is 299 g/mol. The van der Waals surface area contributed by atoms with Crippen LogP contribution in [0.4, 0.5) is 0 Å². The van der Waals surface area contributed by atoms with E-state index in [4.69, 9.17) is 0 Å². The molecule has 20 heavy (non-hydrogen) atoms. The first kappa shape index (κ1) is 11.7. The van der Waals surface area contributed by atoms with Crippen molar-refractivity contribution in [3.8, 4) is 0 Å². The number of hydrogen-bond acceptors (Lipinski definition) is 5. The van der Waals surface area contributed by atoms with Gasteiger partial charge >= 0.3 is 0 Å². The van der Waals surface area contributed by atoms with Gasteiger partial charge in [0.2, 0.25) is 0 Å². The number of thiophene rings is 1. The first-order valence-electron chi connectivity index (χ1n) is 6.08. The molecular formula is C14H9N3OS2. The molecule has 0 aliphatic carbocycles. The third-order valence-electron chi connectivity index (χ3n) is 3.09. The van der Waals surface area contributed by atoms with Gasteiger partial charge in [-0.3, -0.25) is 9.36 Å². The van der Waals surface area contributed by atoms with Gasteiger partial charge in [-0.05, 0) is 23.6 Å². The minimum absolute atomic E-state index is 0.00416. The van der Waals surface area contributed by atoms with Gasteiger partial charge in [-0.2, -0.15) is 0 Å². The maximum absolute atomic E-state index is 12.3. The van der Waals surface area contributed by atoms with Crippen LogP contribution in [0.2, 0.25) is 0 Å². The molecule has 0 aliphatic rings. The molecule has 4 rings (SSSR count). The van der Waals surface area contributed by atoms with E-state index in [2.05, 4.69) is 9.97 Å². The second-order valence-electron chi connectivity index (χ2n) is 4.39. The number of rotatable bonds is 2. The van der Waals surface area contributed by atoms with Crippen LogP contribution in [0.15, 0.2) is 46.8 Å². The summed E-state index contributed by atoms with van der Waals surface area (Å²) in [6.07, 6.45) is 1.60. The lowest BCUT2D eigenvalue weighted by molar-refractivity contribution is 0.746. The van der Waals surface area contributed by atoms with Crippen molar-refractivity contribution in [1.29, 1.82) is 0 Å². The SMILES string of the molecule is O=c1c2ccsc2ncn1Cc1nc2ccccc2s1. The Morgan fingerprint density at radius 2 is 2.10 bits per heavy atom. The van der Waals surface area contributed by atoms with Crippen LogP contribution < -0.4 is 5.56 Å². The van der Waals surface area contributed by atoms with E-state index in [0.717, 1.165) is 20.1 Å². The summed E-state index contributed by atoms with van der Waals surface area (Å²) >= 11 is 3.10. The van der Waals surface area contributed by atoms with E-state index in [-0.39, 0.29) is 5.56 Å². The first-order valence-corrected chi connectivity index (χ1v) is 7.78. The van der Waals surface area contributed by atoms with Crippen LogP contribution in [0.1, 0.15) is 5.01 Å². The molecule has 0 amide bonds. The summed E-state index contributed by atoms with van der Waals surface area (Å²) in [5, 5.41) is 3.49. The Labute approximate surface area is 122 Å². The van der Waals surface area contributed by atoms with Gasteiger partial charge < -0.3 is 0 Å². The molecule has 6 heteroatoms. The molecule has 0 N–H and O–H groups in total. The van der Waals surface area contributed by atoms with Crippen molar-refractivity contribution >= 4 is 43.1 Å². The third-order valence-corrected chi connectivity index (χ3v) is 4.94. The molecule has 98 valence electrons. The maximum Gasteiger partial charge on any atom is 0.262 e. The minimum atomic E-state index is -0.00416. The van der Waals surface area contributed by atoms with E-state index < -0.39 is 0 Å². The molecule has 3 heterocycles. The van der Waals surface area contributed by atoms with Gasteiger partial charge in [0.1, 0.15) is 9.84 Å². The fourth-order valence-corrected chi connectivity index (χ4v) is 3.83. The number of thiazole rings is 1. The smallest absolute Gasteiger partial charge is 0.262 e. The van der Waals surface area contributed by atoms with E-state index in [0.29, 0.717) is 11.9 Å². The summed E-state index contributed by atoms with van der Waals surface area (Å²) in [6, 6.07) is 9.81. The van der Waals surface area contributed by atoms with Crippen molar-refractivity contribution in [2.75, 3.05) is 0 Å². The van der Waals surface area contributed by atoms with Gasteiger partial charge in [0.15, 0.2) is 0 Å². The lowest BCUT2D eigenvalue weighted by Gasteiger charge is -2.01. The Morgan fingerprint density at radius 1 is 1.20 bits per heavy atom. The van der Waals surface area contributed by atoms with Gasteiger partial charge in [0, 0.05) is 0 Å². The molecule has 0 unspecified atom stereocenters. The Morgan fingerprint density at radius 3 is 3.00 bits per heavy atom. The van der Waals surface area contributed by atoms with Crippen molar-refractivity contribution < 1.29 is 0 Å². The number of hydrogen-bond donors (Lipinski definition) is 0. The van der Waals surface area contributed by atoms with Crippen LogP contribution in [-0.2, 0) is 6.54 Å². The molecule has 3 aromatic heterocycles. The van der Waals surface area contributed by atoms with Gasteiger partial charge in [0.05, 0.1) is 28.5 Å². The largest absolute Gasteiger partial charge is 0.292 e. The Hall–Kier alpha value is -2.05. The highest BCUT2D eigenvalue weighted by atomic mass is 32.1. The molecule has 0 atom stereocenters. The number of para-hydroxylation sites is 1. The zero-order valence-corrected chi connectivity index (χ0v) is 11.9. The van der Waals surface area contributed by atoms with Crippen LogP contribution in [0.3, 0.4) is 0 Å². The van der Waals surface area contributed by atoms with Crippen LogP contribution in [-0.4, -0.2) is 14.5 Å². The second-order valence-corrected chi connectivity index (χ2v) is 6.40. The van der Waals surface area contributed by atoms with Crippen LogP contribution >= 0.6 is 22.7 Å². The number of benzene rings is 1. The summed E-state index contributed by atoms with van der Waals surface area (Å²) in [5.41, 5.74) is 0.973. The van der Waals surface area contributed by atoms with Gasteiger partial charge in [-0.1, -0.05) is 12.1 Å². The van der Waals surface area contributed by atoms with Crippen LogP contribution in [0.25, 0.3) is 20.4 Å². The molecule has 0 saturated carbocycles. The van der Waals surface area contributed by atoms with Crippen molar-refractivity contribution in [3.05, 3.63) is 57.4 Å². The van der Waals surface area contributed by atoms with Crippen molar-refractivity contribution in [1.82, 2.24) is 14.5 Å². The quantitative estimate of drug-likeness (QED) is 0.571. The van der Waals surface area contributed by atoms with E-state index >= 15 is 0 Å². The molecule has 0 spiro atoms. The highest BCUT2D eigenvalue weighted by Crippen LogP contribution is 2.22. The topological polar surface area (TPSA) is 47.8 Å². The maximum atomic E-state index is 12.3. The molecule has 0 saturated heterocycles. The highest BCUT2D eigenvalue weighted by Gasteiger charge is 2.08. The lowest BCUT2D eigenvalue weighted by atomic mass is 10.3. The zero-order chi connectivity index (χ0) is 13.5. The monoisotopic (exact) mass is 299 g/mol. The molecule has 0 radical (unpaired) electrons. The van der Waals surface area contributed by atoms with E-state index in [1.165, 1.54) is 11.3 Å². The second kappa shape index (κ2) is 4.50. The van der Waals surface area contributed by atoms with Gasteiger partial charge in [0.25, 0.3) is 5.56 Å². The number of nitrogens with zero attached hydrogens (tertiary/aromatic N) is 3. The van der Waals surface area contributed by atoms with E-state index in [1.54, 1.807) is 22.2 Å². The Kier molecular flexibility index (Phi) is 2.64. The predicted octanol–water partition coefficient (Wildman–Crippen LogP) is 3.12. The third kappa shape index (κ3) is 1.85. The number of aromatic nitrogens is 3. The summed E-state index contributed by atoms with van der Waals surface area (Å²) in [6.45, 7) is 0.469. The standard InChI is InChI=1S/C14H9N3OS2/c18-14-9-5-6-19-13(9)15-8-17(14)7-12-16-10-3-1-2-4-11(10)20-12/h1-6,8H,7H2. The molecule has 0 aliphatic heterocycles. The fraction of sp³-hybridized carbons (Fsp3) is 0.0714. The summed E-state index contributed by atoms with van der Waals surface area (Å²) in [5.74, 6) is 0. The van der Waals surface area contributed by atoms with E-state index in [9.17, 15) is 4.79 Å². The van der Waals surface area contributed by atoms with Crippen LogP contribution in [0, 0.1) is 0 Å². The first-order chi connectivity index (χ1) is 9.81. The summed E-state index contributed by atoms with van der Waals surface area (Å²) < 4.78 is 2.76. The highest BCUT2D eigenvalue weighted by molar-refractivity contribution is 7.18. The molecule has 4 nitrogen and oxygen atoms in total. The average Bonchev–Trinajstić information content (AvgIpc) is 3.08. The van der Waals surface area contributed by atoms with Crippen molar-refractivity contribution in [3.63, 3.8) is 0 Å². The molecule has 4 aromatic rings. The van der Waals surface area contributed by atoms with E-state index in [1.807, 2.05) is 35.7 Å². The number of fused-ring (bicyclic) bond motifs is 2. The predicted molar refractivity (Wildman–Crippen MR) is 82.6 cm³/mol. The van der Waals surface area contributed by atoms with Crippen molar-refractivity contribution in [2.45, 2.75) is 6.54 Å². The van der Waals surface area contributed by atoms with Crippen molar-refractivity contribution in [2.24, 2.45) is 0 Å². The zero-order valence-electron chi connectivity index (χ0n) is 10.3. The van der Waals surface area contributed by atoms with Crippen LogP contribution in [0.5, 0.6) is 0 Å². The summed E-state index contributed by atoms with van der Waals surface area (Å²) in [7, 11) is 0. The Bertz CT molecular complexity index is 934. The molecule has 1 aromatic carbocycles. The normalized spacial score (nSPS) is 11.4. The molecular weight excluding hydrogens is 290 g/mol. The van der Waals surface area contributed by atoms with Gasteiger partial charge in [-0.25, -0.2) is 9.97 Å². The molecule has 0 bridgehead atoms. The fourth-order valence-electron chi connectivity index (χ4n) is 2.14.